The molecule has 0 aliphatic heterocycles. The summed E-state index contributed by atoms with van der Waals surface area (Å²) in [7, 11) is 0. The Labute approximate surface area is 86.0 Å². The first kappa shape index (κ1) is 9.08. The van der Waals surface area contributed by atoms with Crippen LogP contribution >= 0.6 is 11.3 Å². The van der Waals surface area contributed by atoms with E-state index in [-0.39, 0.29) is 0 Å². The van der Waals surface area contributed by atoms with Gasteiger partial charge in [0.15, 0.2) is 0 Å². The van der Waals surface area contributed by atoms with E-state index in [1.165, 1.54) is 4.88 Å². The minimum atomic E-state index is 0.752. The van der Waals surface area contributed by atoms with Crippen LogP contribution in [0.15, 0.2) is 23.8 Å². The molecule has 0 radical (unpaired) electrons. The number of nitrogens with zero attached hydrogens (tertiary/aromatic N) is 3. The van der Waals surface area contributed by atoms with Gasteiger partial charge in [0.25, 0.3) is 0 Å². The van der Waals surface area contributed by atoms with Crippen molar-refractivity contribution in [2.24, 2.45) is 0 Å². The van der Waals surface area contributed by atoms with Crippen molar-refractivity contribution in [3.63, 3.8) is 0 Å². The summed E-state index contributed by atoms with van der Waals surface area (Å²) in [5, 5.41) is 11.1. The molecule has 2 aromatic rings. The Hall–Kier alpha value is -1.49. The van der Waals surface area contributed by atoms with Gasteiger partial charge in [0.1, 0.15) is 5.82 Å². The van der Waals surface area contributed by atoms with Gasteiger partial charge in [0.2, 0.25) is 0 Å². The summed E-state index contributed by atoms with van der Waals surface area (Å²) < 4.78 is 0. The summed E-state index contributed by atoms with van der Waals surface area (Å²) in [5.74, 6) is 0.795. The number of nitrogens with one attached hydrogen (secondary N) is 1. The minimum absolute atomic E-state index is 0.752. The number of aryl methyl sites for hydroxylation is 1. The lowest BCUT2D eigenvalue weighted by atomic mass is 10.4. The van der Waals surface area contributed by atoms with Gasteiger partial charge >= 0.3 is 0 Å². The number of hydrogen-bond acceptors (Lipinski definition) is 5. The molecule has 2 rings (SSSR count). The molecule has 4 nitrogen and oxygen atoms in total. The van der Waals surface area contributed by atoms with Crippen molar-refractivity contribution < 1.29 is 0 Å². The van der Waals surface area contributed by atoms with E-state index < -0.39 is 0 Å². The number of anilines is 1. The zero-order chi connectivity index (χ0) is 9.80. The maximum atomic E-state index is 4.00. The van der Waals surface area contributed by atoms with Gasteiger partial charge in [-0.05, 0) is 19.1 Å². The smallest absolute Gasteiger partial charge is 0.148 e. The molecule has 0 aliphatic rings. The summed E-state index contributed by atoms with van der Waals surface area (Å²) in [4.78, 5) is 5.18. The molecule has 0 unspecified atom stereocenters. The maximum Gasteiger partial charge on any atom is 0.148 e. The Balaban J connectivity index is 1.95. The lowest BCUT2D eigenvalue weighted by Gasteiger charge is -2.01. The third-order valence-electron chi connectivity index (χ3n) is 1.73. The SMILES string of the molecule is Cc1ccc(NCc2cncs2)nn1. The van der Waals surface area contributed by atoms with E-state index in [2.05, 4.69) is 20.5 Å². The highest BCUT2D eigenvalue weighted by Gasteiger charge is 1.96. The number of rotatable bonds is 3. The zero-order valence-electron chi connectivity index (χ0n) is 7.77. The molecule has 0 saturated carbocycles. The second kappa shape index (κ2) is 4.15. The number of thiazole rings is 1. The van der Waals surface area contributed by atoms with Crippen LogP contribution in [0.3, 0.4) is 0 Å². The van der Waals surface area contributed by atoms with E-state index in [9.17, 15) is 0 Å². The van der Waals surface area contributed by atoms with Crippen LogP contribution in [0.2, 0.25) is 0 Å². The van der Waals surface area contributed by atoms with E-state index in [1.54, 1.807) is 11.3 Å². The normalized spacial score (nSPS) is 10.1. The van der Waals surface area contributed by atoms with Crippen LogP contribution in [0.4, 0.5) is 5.82 Å². The fourth-order valence-corrected chi connectivity index (χ4v) is 1.53. The van der Waals surface area contributed by atoms with Crippen LogP contribution in [-0.4, -0.2) is 15.2 Å². The van der Waals surface area contributed by atoms with Gasteiger partial charge in [0.05, 0.1) is 17.7 Å². The zero-order valence-corrected chi connectivity index (χ0v) is 8.58. The molecule has 1 N–H and O–H groups in total. The van der Waals surface area contributed by atoms with E-state index in [0.717, 1.165) is 18.1 Å². The molecule has 0 bridgehead atoms. The van der Waals surface area contributed by atoms with Crippen LogP contribution in [0.1, 0.15) is 10.6 Å². The molecule has 0 saturated heterocycles. The van der Waals surface area contributed by atoms with Crippen LogP contribution in [0.25, 0.3) is 0 Å². The third kappa shape index (κ3) is 2.26. The highest BCUT2D eigenvalue weighted by Crippen LogP contribution is 2.08. The van der Waals surface area contributed by atoms with Gasteiger partial charge in [-0.3, -0.25) is 4.98 Å². The Morgan fingerprint density at radius 3 is 2.93 bits per heavy atom. The van der Waals surface area contributed by atoms with Gasteiger partial charge in [0, 0.05) is 11.1 Å². The molecule has 0 atom stereocenters. The molecular weight excluding hydrogens is 196 g/mol. The van der Waals surface area contributed by atoms with E-state index in [4.69, 9.17) is 0 Å². The summed E-state index contributed by atoms with van der Waals surface area (Å²) in [6.45, 7) is 2.67. The summed E-state index contributed by atoms with van der Waals surface area (Å²) in [6, 6.07) is 3.85. The molecule has 2 aromatic heterocycles. The first-order valence-corrected chi connectivity index (χ1v) is 5.14. The van der Waals surface area contributed by atoms with Gasteiger partial charge in [-0.2, -0.15) is 5.10 Å². The molecule has 0 amide bonds. The first-order valence-electron chi connectivity index (χ1n) is 4.26. The molecule has 5 heteroatoms. The standard InChI is InChI=1S/C9H10N4S/c1-7-2-3-9(13-12-7)11-5-8-4-10-6-14-8/h2-4,6H,5H2,1H3,(H,11,13). The predicted octanol–water partition coefficient (Wildman–Crippen LogP) is 1.85. The largest absolute Gasteiger partial charge is 0.364 e. The van der Waals surface area contributed by atoms with Crippen LogP contribution in [-0.2, 0) is 6.54 Å². The maximum absolute atomic E-state index is 4.00. The molecular formula is C9H10N4S. The fourth-order valence-electron chi connectivity index (χ4n) is 1.00. The summed E-state index contributed by atoms with van der Waals surface area (Å²) >= 11 is 1.62. The van der Waals surface area contributed by atoms with Gasteiger partial charge < -0.3 is 5.32 Å². The van der Waals surface area contributed by atoms with Crippen molar-refractivity contribution in [2.45, 2.75) is 13.5 Å². The third-order valence-corrected chi connectivity index (χ3v) is 2.50. The molecule has 0 aromatic carbocycles. The topological polar surface area (TPSA) is 50.7 Å². The number of aromatic nitrogens is 3. The van der Waals surface area contributed by atoms with E-state index >= 15 is 0 Å². The predicted molar refractivity (Wildman–Crippen MR) is 56.2 cm³/mol. The molecule has 0 fully saturated rings. The lowest BCUT2D eigenvalue weighted by Crippen LogP contribution is -2.01. The Bertz CT molecular complexity index is 382. The lowest BCUT2D eigenvalue weighted by molar-refractivity contribution is 0.966. The van der Waals surface area contributed by atoms with E-state index in [1.807, 2.05) is 30.8 Å². The van der Waals surface area contributed by atoms with Crippen molar-refractivity contribution in [1.82, 2.24) is 15.2 Å². The molecule has 0 spiro atoms. The highest BCUT2D eigenvalue weighted by atomic mass is 32.1. The van der Waals surface area contributed by atoms with Gasteiger partial charge in [-0.1, -0.05) is 0 Å². The minimum Gasteiger partial charge on any atom is -0.364 e. The van der Waals surface area contributed by atoms with Crippen molar-refractivity contribution >= 4 is 17.2 Å². The molecule has 72 valence electrons. The summed E-state index contributed by atoms with van der Waals surface area (Å²) in [6.07, 6.45) is 1.85. The number of hydrogen-bond donors (Lipinski definition) is 1. The monoisotopic (exact) mass is 206 g/mol. The van der Waals surface area contributed by atoms with Crippen LogP contribution < -0.4 is 5.32 Å². The second-order valence-corrected chi connectivity index (χ2v) is 3.85. The second-order valence-electron chi connectivity index (χ2n) is 2.88. The van der Waals surface area contributed by atoms with Gasteiger partial charge in [-0.25, -0.2) is 0 Å². The average molecular weight is 206 g/mol. The fraction of sp³-hybridized carbons (Fsp3) is 0.222. The molecule has 14 heavy (non-hydrogen) atoms. The molecule has 0 aliphatic carbocycles. The quantitative estimate of drug-likeness (QED) is 0.832. The van der Waals surface area contributed by atoms with Crippen molar-refractivity contribution in [1.29, 1.82) is 0 Å². The van der Waals surface area contributed by atoms with Gasteiger partial charge in [-0.15, -0.1) is 16.4 Å². The van der Waals surface area contributed by atoms with E-state index in [0.29, 0.717) is 0 Å². The van der Waals surface area contributed by atoms with Crippen LogP contribution in [0, 0.1) is 6.92 Å². The average Bonchev–Trinajstić information content (AvgIpc) is 2.70. The Morgan fingerprint density at radius 1 is 1.36 bits per heavy atom. The summed E-state index contributed by atoms with van der Waals surface area (Å²) in [5.41, 5.74) is 2.74. The van der Waals surface area contributed by atoms with Crippen molar-refractivity contribution in [3.05, 3.63) is 34.4 Å². The van der Waals surface area contributed by atoms with Crippen molar-refractivity contribution in [2.75, 3.05) is 5.32 Å². The Kier molecular flexibility index (Phi) is 2.69. The molecule has 2 heterocycles. The van der Waals surface area contributed by atoms with Crippen molar-refractivity contribution in [3.8, 4) is 0 Å². The first-order chi connectivity index (χ1) is 6.84. The highest BCUT2D eigenvalue weighted by molar-refractivity contribution is 7.09. The van der Waals surface area contributed by atoms with Crippen LogP contribution in [0.5, 0.6) is 0 Å². The Morgan fingerprint density at radius 2 is 2.29 bits per heavy atom.